The molecule has 0 saturated heterocycles. The van der Waals surface area contributed by atoms with Crippen molar-refractivity contribution in [3.63, 3.8) is 0 Å². The first-order valence-corrected chi connectivity index (χ1v) is 6.75. The van der Waals surface area contributed by atoms with Crippen LogP contribution in [-0.4, -0.2) is 0 Å². The third-order valence-corrected chi connectivity index (χ3v) is 4.06. The molecule has 0 amide bonds. The van der Waals surface area contributed by atoms with Crippen LogP contribution in [0.1, 0.15) is 50.1 Å². The summed E-state index contributed by atoms with van der Waals surface area (Å²) >= 11 is 6.04. The summed E-state index contributed by atoms with van der Waals surface area (Å²) in [5.74, 6) is 0.550. The molecule has 0 heterocycles. The summed E-state index contributed by atoms with van der Waals surface area (Å²) < 4.78 is 13.1. The maximum absolute atomic E-state index is 13.1. The Kier molecular flexibility index (Phi) is 4.41. The van der Waals surface area contributed by atoms with Gasteiger partial charge in [-0.25, -0.2) is 4.39 Å². The van der Waals surface area contributed by atoms with Gasteiger partial charge in [-0.05, 0) is 42.5 Å². The Morgan fingerprint density at radius 3 is 2.76 bits per heavy atom. The minimum Gasteiger partial charge on any atom is -0.324 e. The molecule has 1 aromatic carbocycles. The SMILES string of the molecule is NC(CCC1CCCC1)c1cc(F)ccc1Cl. The molecule has 2 rings (SSSR count). The van der Waals surface area contributed by atoms with Gasteiger partial charge in [-0.1, -0.05) is 37.3 Å². The van der Waals surface area contributed by atoms with Crippen molar-refractivity contribution in [2.45, 2.75) is 44.6 Å². The lowest BCUT2D eigenvalue weighted by Gasteiger charge is -2.16. The minimum atomic E-state index is -0.263. The maximum Gasteiger partial charge on any atom is 0.123 e. The Hall–Kier alpha value is -0.600. The van der Waals surface area contributed by atoms with E-state index in [1.54, 1.807) is 6.07 Å². The lowest BCUT2D eigenvalue weighted by molar-refractivity contribution is 0.453. The second-order valence-electron chi connectivity index (χ2n) is 5.00. The molecule has 0 bridgehead atoms. The van der Waals surface area contributed by atoms with Gasteiger partial charge in [0.15, 0.2) is 0 Å². The number of rotatable bonds is 4. The summed E-state index contributed by atoms with van der Waals surface area (Å²) in [5.41, 5.74) is 6.83. The van der Waals surface area contributed by atoms with Gasteiger partial charge in [-0.15, -0.1) is 0 Å². The first kappa shape index (κ1) is 12.8. The molecule has 2 N–H and O–H groups in total. The van der Waals surface area contributed by atoms with Crippen molar-refractivity contribution in [3.05, 3.63) is 34.6 Å². The molecule has 94 valence electrons. The van der Waals surface area contributed by atoms with E-state index in [2.05, 4.69) is 0 Å². The Bertz CT molecular complexity index is 374. The van der Waals surface area contributed by atoms with Crippen LogP contribution in [0.2, 0.25) is 5.02 Å². The predicted octanol–water partition coefficient (Wildman–Crippen LogP) is 4.45. The summed E-state index contributed by atoms with van der Waals surface area (Å²) in [4.78, 5) is 0. The maximum atomic E-state index is 13.1. The molecule has 0 spiro atoms. The molecule has 1 nitrogen and oxygen atoms in total. The lowest BCUT2D eigenvalue weighted by Crippen LogP contribution is -2.12. The largest absolute Gasteiger partial charge is 0.324 e. The topological polar surface area (TPSA) is 26.0 Å². The molecule has 1 unspecified atom stereocenters. The van der Waals surface area contributed by atoms with E-state index in [-0.39, 0.29) is 11.9 Å². The van der Waals surface area contributed by atoms with E-state index in [1.165, 1.54) is 37.8 Å². The summed E-state index contributed by atoms with van der Waals surface area (Å²) in [6.07, 6.45) is 7.37. The van der Waals surface area contributed by atoms with E-state index < -0.39 is 0 Å². The second-order valence-corrected chi connectivity index (χ2v) is 5.41. The highest BCUT2D eigenvalue weighted by molar-refractivity contribution is 6.31. The van der Waals surface area contributed by atoms with Crippen LogP contribution < -0.4 is 5.73 Å². The van der Waals surface area contributed by atoms with Gasteiger partial charge in [0, 0.05) is 11.1 Å². The quantitative estimate of drug-likeness (QED) is 0.845. The van der Waals surface area contributed by atoms with Gasteiger partial charge in [0.1, 0.15) is 5.82 Å². The first-order valence-electron chi connectivity index (χ1n) is 6.37. The van der Waals surface area contributed by atoms with Gasteiger partial charge in [0.05, 0.1) is 0 Å². The summed E-state index contributed by atoms with van der Waals surface area (Å²) in [6.45, 7) is 0. The summed E-state index contributed by atoms with van der Waals surface area (Å²) in [7, 11) is 0. The molecule has 0 radical (unpaired) electrons. The number of hydrogen-bond donors (Lipinski definition) is 1. The van der Waals surface area contributed by atoms with Crippen LogP contribution in [-0.2, 0) is 0 Å². The fraction of sp³-hybridized carbons (Fsp3) is 0.571. The van der Waals surface area contributed by atoms with E-state index in [0.29, 0.717) is 5.02 Å². The molecule has 1 aromatic rings. The van der Waals surface area contributed by atoms with E-state index in [4.69, 9.17) is 17.3 Å². The predicted molar refractivity (Wildman–Crippen MR) is 69.5 cm³/mol. The van der Waals surface area contributed by atoms with Crippen LogP contribution in [0.25, 0.3) is 0 Å². The molecule has 1 saturated carbocycles. The fourth-order valence-corrected chi connectivity index (χ4v) is 2.93. The molecule has 0 aliphatic heterocycles. The smallest absolute Gasteiger partial charge is 0.123 e. The van der Waals surface area contributed by atoms with Gasteiger partial charge < -0.3 is 5.73 Å². The molecule has 1 fully saturated rings. The van der Waals surface area contributed by atoms with Crippen LogP contribution >= 0.6 is 11.6 Å². The number of hydrogen-bond acceptors (Lipinski definition) is 1. The lowest BCUT2D eigenvalue weighted by atomic mass is 9.95. The average Bonchev–Trinajstić information content (AvgIpc) is 2.82. The Morgan fingerprint density at radius 1 is 1.35 bits per heavy atom. The normalized spacial score (nSPS) is 18.5. The number of nitrogens with two attached hydrogens (primary N) is 1. The number of benzene rings is 1. The molecule has 1 atom stereocenters. The van der Waals surface area contributed by atoms with Gasteiger partial charge in [-0.2, -0.15) is 0 Å². The average molecular weight is 256 g/mol. The van der Waals surface area contributed by atoms with Crippen LogP contribution in [0, 0.1) is 11.7 Å². The zero-order chi connectivity index (χ0) is 12.3. The van der Waals surface area contributed by atoms with Crippen molar-refractivity contribution < 1.29 is 4.39 Å². The second kappa shape index (κ2) is 5.83. The van der Waals surface area contributed by atoms with Crippen LogP contribution in [0.3, 0.4) is 0 Å². The highest BCUT2D eigenvalue weighted by atomic mass is 35.5. The summed E-state index contributed by atoms with van der Waals surface area (Å²) in [5, 5.41) is 0.574. The summed E-state index contributed by atoms with van der Waals surface area (Å²) in [6, 6.07) is 4.28. The zero-order valence-corrected chi connectivity index (χ0v) is 10.7. The van der Waals surface area contributed by atoms with Crippen LogP contribution in [0.15, 0.2) is 18.2 Å². The highest BCUT2D eigenvalue weighted by Crippen LogP contribution is 2.32. The highest BCUT2D eigenvalue weighted by Gasteiger charge is 2.17. The molecule has 17 heavy (non-hydrogen) atoms. The Balaban J connectivity index is 1.93. The fourth-order valence-electron chi connectivity index (χ4n) is 2.67. The zero-order valence-electron chi connectivity index (χ0n) is 9.96. The van der Waals surface area contributed by atoms with Crippen molar-refractivity contribution in [3.8, 4) is 0 Å². The molecule has 3 heteroatoms. The molecule has 0 aromatic heterocycles. The molecule has 1 aliphatic rings. The van der Waals surface area contributed by atoms with Crippen LogP contribution in [0.5, 0.6) is 0 Å². The van der Waals surface area contributed by atoms with Crippen molar-refractivity contribution in [1.82, 2.24) is 0 Å². The van der Waals surface area contributed by atoms with Crippen molar-refractivity contribution in [2.24, 2.45) is 11.7 Å². The van der Waals surface area contributed by atoms with E-state index >= 15 is 0 Å². The van der Waals surface area contributed by atoms with E-state index in [1.807, 2.05) is 0 Å². The molecule has 1 aliphatic carbocycles. The van der Waals surface area contributed by atoms with Crippen molar-refractivity contribution >= 4 is 11.6 Å². The van der Waals surface area contributed by atoms with Gasteiger partial charge in [0.25, 0.3) is 0 Å². The third kappa shape index (κ3) is 3.43. The minimum absolute atomic E-state index is 0.140. The molecular weight excluding hydrogens is 237 g/mol. The van der Waals surface area contributed by atoms with Crippen molar-refractivity contribution in [1.29, 1.82) is 0 Å². The third-order valence-electron chi connectivity index (χ3n) is 3.72. The Labute approximate surface area is 107 Å². The monoisotopic (exact) mass is 255 g/mol. The van der Waals surface area contributed by atoms with Crippen LogP contribution in [0.4, 0.5) is 4.39 Å². The van der Waals surface area contributed by atoms with Gasteiger partial charge in [0.2, 0.25) is 0 Å². The van der Waals surface area contributed by atoms with Crippen molar-refractivity contribution in [2.75, 3.05) is 0 Å². The first-order chi connectivity index (χ1) is 8.16. The van der Waals surface area contributed by atoms with Gasteiger partial charge in [-0.3, -0.25) is 0 Å². The van der Waals surface area contributed by atoms with E-state index in [0.717, 1.165) is 24.3 Å². The standard InChI is InChI=1S/C14H19ClFN/c15-13-7-6-11(16)9-12(13)14(17)8-5-10-3-1-2-4-10/h6-7,9-10,14H,1-5,8,17H2. The van der Waals surface area contributed by atoms with E-state index in [9.17, 15) is 4.39 Å². The molecular formula is C14H19ClFN. The Morgan fingerprint density at radius 2 is 2.06 bits per heavy atom. The number of halogens is 2. The van der Waals surface area contributed by atoms with Gasteiger partial charge >= 0.3 is 0 Å².